The van der Waals surface area contributed by atoms with Gasteiger partial charge in [-0.15, -0.1) is 0 Å². The van der Waals surface area contributed by atoms with Gasteiger partial charge >= 0.3 is 0 Å². The van der Waals surface area contributed by atoms with E-state index >= 15 is 0 Å². The van der Waals surface area contributed by atoms with Gasteiger partial charge in [-0.25, -0.2) is 13.2 Å². The first-order valence-electron chi connectivity index (χ1n) is 7.48. The molecule has 5 nitrogen and oxygen atoms in total. The summed E-state index contributed by atoms with van der Waals surface area (Å²) in [5.74, 6) is -4.37. The fourth-order valence-corrected chi connectivity index (χ4v) is 2.67. The topological polar surface area (TPSA) is 74.1 Å². The second-order valence-corrected chi connectivity index (χ2v) is 6.65. The molecule has 9 heteroatoms. The highest BCUT2D eigenvalue weighted by molar-refractivity contribution is 14.1. The zero-order valence-corrected chi connectivity index (χ0v) is 15.8. The van der Waals surface area contributed by atoms with E-state index in [1.807, 2.05) is 6.07 Å². The fourth-order valence-electron chi connectivity index (χ4n) is 2.02. The van der Waals surface area contributed by atoms with E-state index < -0.39 is 30.2 Å². The number of rotatable bonds is 7. The SMILES string of the molecule is Cc1cc(I)ccc1Nc1c(/C=N/OC[C@H](O)CO)cc(F)c(F)c1F. The summed E-state index contributed by atoms with van der Waals surface area (Å²) in [5.41, 5.74) is 0.911. The molecule has 26 heavy (non-hydrogen) atoms. The summed E-state index contributed by atoms with van der Waals surface area (Å²) in [6.45, 7) is 0.960. The second kappa shape index (κ2) is 9.19. The van der Waals surface area contributed by atoms with Gasteiger partial charge in [-0.1, -0.05) is 5.16 Å². The Balaban J connectivity index is 2.34. The molecule has 0 unspecified atom stereocenters. The number of halogens is 4. The Bertz CT molecular complexity index is 818. The molecule has 0 aliphatic rings. The van der Waals surface area contributed by atoms with E-state index in [1.54, 1.807) is 19.1 Å². The monoisotopic (exact) mass is 480 g/mol. The molecule has 3 N–H and O–H groups in total. The Kier molecular flexibility index (Phi) is 7.23. The van der Waals surface area contributed by atoms with Crippen molar-refractivity contribution in [1.82, 2.24) is 0 Å². The zero-order valence-electron chi connectivity index (χ0n) is 13.6. The van der Waals surface area contributed by atoms with E-state index in [0.29, 0.717) is 5.69 Å². The molecule has 0 amide bonds. The van der Waals surface area contributed by atoms with E-state index in [9.17, 15) is 13.2 Å². The lowest BCUT2D eigenvalue weighted by Gasteiger charge is -2.14. The van der Waals surface area contributed by atoms with Crippen molar-refractivity contribution in [3.05, 3.63) is 56.4 Å². The molecule has 0 aliphatic carbocycles. The van der Waals surface area contributed by atoms with Gasteiger partial charge in [0.15, 0.2) is 17.5 Å². The Morgan fingerprint density at radius 3 is 2.65 bits per heavy atom. The first-order valence-corrected chi connectivity index (χ1v) is 8.56. The van der Waals surface area contributed by atoms with Crippen LogP contribution in [-0.4, -0.2) is 35.7 Å². The van der Waals surface area contributed by atoms with Gasteiger partial charge in [0, 0.05) is 14.8 Å². The largest absolute Gasteiger partial charge is 0.394 e. The van der Waals surface area contributed by atoms with Gasteiger partial charge in [0.1, 0.15) is 12.7 Å². The Labute approximate surface area is 161 Å². The van der Waals surface area contributed by atoms with E-state index in [-0.39, 0.29) is 17.9 Å². The lowest BCUT2D eigenvalue weighted by molar-refractivity contribution is 0.00884. The molecule has 0 aliphatic heterocycles. The van der Waals surface area contributed by atoms with Crippen LogP contribution in [0.4, 0.5) is 24.5 Å². The minimum Gasteiger partial charge on any atom is -0.394 e. The van der Waals surface area contributed by atoms with Crippen molar-refractivity contribution in [2.24, 2.45) is 5.16 Å². The van der Waals surface area contributed by atoms with Crippen LogP contribution < -0.4 is 5.32 Å². The van der Waals surface area contributed by atoms with Crippen molar-refractivity contribution < 1.29 is 28.2 Å². The number of aryl methyl sites for hydroxylation is 1. The van der Waals surface area contributed by atoms with Crippen molar-refractivity contribution >= 4 is 40.2 Å². The van der Waals surface area contributed by atoms with Crippen LogP contribution in [0, 0.1) is 27.9 Å². The van der Waals surface area contributed by atoms with E-state index in [1.165, 1.54) is 0 Å². The molecule has 0 spiro atoms. The van der Waals surface area contributed by atoms with Crippen LogP contribution in [-0.2, 0) is 4.84 Å². The number of nitrogens with one attached hydrogen (secondary N) is 1. The first kappa shape index (κ1) is 20.5. The molecule has 0 fully saturated rings. The van der Waals surface area contributed by atoms with Crippen molar-refractivity contribution in [3.63, 3.8) is 0 Å². The molecule has 0 radical (unpaired) electrons. The van der Waals surface area contributed by atoms with Crippen LogP contribution in [0.2, 0.25) is 0 Å². The highest BCUT2D eigenvalue weighted by Gasteiger charge is 2.19. The summed E-state index contributed by atoms with van der Waals surface area (Å²) < 4.78 is 42.4. The van der Waals surface area contributed by atoms with Gasteiger partial charge in [0.05, 0.1) is 18.5 Å². The van der Waals surface area contributed by atoms with E-state index in [2.05, 4.69) is 33.1 Å². The van der Waals surface area contributed by atoms with Gasteiger partial charge in [-0.05, 0) is 59.3 Å². The summed E-state index contributed by atoms with van der Waals surface area (Å²) in [5, 5.41) is 24.1. The molecule has 0 aromatic heterocycles. The molecule has 2 aromatic rings. The van der Waals surface area contributed by atoms with Crippen LogP contribution in [0.5, 0.6) is 0 Å². The van der Waals surface area contributed by atoms with E-state index in [0.717, 1.165) is 21.4 Å². The van der Waals surface area contributed by atoms with E-state index in [4.69, 9.17) is 15.1 Å². The normalized spacial score (nSPS) is 12.4. The minimum absolute atomic E-state index is 0.0853. The van der Waals surface area contributed by atoms with Gasteiger partial charge in [-0.2, -0.15) is 0 Å². The maximum Gasteiger partial charge on any atom is 0.196 e. The number of benzene rings is 2. The Morgan fingerprint density at radius 1 is 1.27 bits per heavy atom. The first-order chi connectivity index (χ1) is 12.3. The van der Waals surface area contributed by atoms with Crippen molar-refractivity contribution in [2.45, 2.75) is 13.0 Å². The minimum atomic E-state index is -1.61. The number of hydrogen-bond acceptors (Lipinski definition) is 5. The molecule has 0 saturated carbocycles. The van der Waals surface area contributed by atoms with Crippen LogP contribution in [0.3, 0.4) is 0 Å². The maximum atomic E-state index is 14.3. The molecular weight excluding hydrogens is 464 g/mol. The molecule has 0 saturated heterocycles. The lowest BCUT2D eigenvalue weighted by Crippen LogP contribution is -2.17. The Morgan fingerprint density at radius 2 is 2.00 bits per heavy atom. The third-order valence-electron chi connectivity index (χ3n) is 3.38. The summed E-state index contributed by atoms with van der Waals surface area (Å²) in [7, 11) is 0. The maximum absolute atomic E-state index is 14.3. The summed E-state index contributed by atoms with van der Waals surface area (Å²) in [6, 6.07) is 6.08. The molecular formula is C17H16F3IN2O3. The van der Waals surface area contributed by atoms with Gasteiger partial charge in [0.25, 0.3) is 0 Å². The predicted octanol–water partition coefficient (Wildman–Crippen LogP) is 3.46. The Hall–Kier alpha value is -1.85. The van der Waals surface area contributed by atoms with Crippen molar-refractivity contribution in [3.8, 4) is 0 Å². The molecule has 0 heterocycles. The highest BCUT2D eigenvalue weighted by Crippen LogP contribution is 2.29. The summed E-state index contributed by atoms with van der Waals surface area (Å²) in [4.78, 5) is 4.74. The molecule has 1 atom stereocenters. The lowest BCUT2D eigenvalue weighted by atomic mass is 10.1. The fraction of sp³-hybridized carbons (Fsp3) is 0.235. The summed E-state index contributed by atoms with van der Waals surface area (Å²) >= 11 is 2.12. The third-order valence-corrected chi connectivity index (χ3v) is 4.06. The molecule has 0 bridgehead atoms. The third kappa shape index (κ3) is 5.08. The van der Waals surface area contributed by atoms with Gasteiger partial charge in [0.2, 0.25) is 0 Å². The van der Waals surface area contributed by atoms with Crippen LogP contribution in [0.1, 0.15) is 11.1 Å². The number of nitrogens with zero attached hydrogens (tertiary/aromatic N) is 1. The summed E-state index contributed by atoms with van der Waals surface area (Å²) in [6.07, 6.45) is -0.152. The average Bonchev–Trinajstić information content (AvgIpc) is 2.61. The predicted molar refractivity (Wildman–Crippen MR) is 100 cm³/mol. The standard InChI is InChI=1S/C17H16F3IN2O3/c1-9-4-11(21)2-3-14(9)23-17-10(5-13(18)15(19)16(17)20)6-22-26-8-12(25)7-24/h2-6,12,23-25H,7-8H2,1H3/b22-6+/t12-/m1/s1. The second-order valence-electron chi connectivity index (χ2n) is 5.40. The van der Waals surface area contributed by atoms with Crippen LogP contribution in [0.15, 0.2) is 29.4 Å². The molecule has 2 rings (SSSR count). The molecule has 140 valence electrons. The smallest absolute Gasteiger partial charge is 0.196 e. The van der Waals surface area contributed by atoms with Crippen molar-refractivity contribution in [1.29, 1.82) is 0 Å². The van der Waals surface area contributed by atoms with Gasteiger partial charge in [-0.3, -0.25) is 0 Å². The molecule has 2 aromatic carbocycles. The number of hydrogen-bond donors (Lipinski definition) is 3. The quantitative estimate of drug-likeness (QED) is 0.246. The highest BCUT2D eigenvalue weighted by atomic mass is 127. The average molecular weight is 480 g/mol. The van der Waals surface area contributed by atoms with Crippen molar-refractivity contribution in [2.75, 3.05) is 18.5 Å². The zero-order chi connectivity index (χ0) is 19.3. The van der Waals surface area contributed by atoms with Gasteiger partial charge < -0.3 is 20.4 Å². The number of oxime groups is 1. The number of anilines is 2. The van der Waals surface area contributed by atoms with Crippen LogP contribution >= 0.6 is 22.6 Å². The van der Waals surface area contributed by atoms with Crippen LogP contribution in [0.25, 0.3) is 0 Å². The number of aliphatic hydroxyl groups excluding tert-OH is 2. The number of aliphatic hydroxyl groups is 2.